The summed E-state index contributed by atoms with van der Waals surface area (Å²) in [6.07, 6.45) is 4.55. The Labute approximate surface area is 137 Å². The molecule has 0 spiro atoms. The SMILES string of the molecule is CCc1nc2ccccc2c(NC(=O)CN2CCCCC2)c1C. The van der Waals surface area contributed by atoms with Crippen molar-refractivity contribution in [3.63, 3.8) is 0 Å². The van der Waals surface area contributed by atoms with Gasteiger partial charge in [0.15, 0.2) is 0 Å². The van der Waals surface area contributed by atoms with E-state index in [1.807, 2.05) is 24.3 Å². The van der Waals surface area contributed by atoms with Crippen molar-refractivity contribution < 1.29 is 4.79 Å². The molecule has 1 N–H and O–H groups in total. The molecule has 4 nitrogen and oxygen atoms in total. The molecule has 122 valence electrons. The molecular weight excluding hydrogens is 286 g/mol. The molecule has 1 aromatic carbocycles. The van der Waals surface area contributed by atoms with Crippen LogP contribution in [0.15, 0.2) is 24.3 Å². The summed E-state index contributed by atoms with van der Waals surface area (Å²) < 4.78 is 0. The molecule has 1 aromatic heterocycles. The Morgan fingerprint density at radius 1 is 1.22 bits per heavy atom. The Bertz CT molecular complexity index is 705. The second-order valence-electron chi connectivity index (χ2n) is 6.31. The maximum absolute atomic E-state index is 12.5. The van der Waals surface area contributed by atoms with Crippen molar-refractivity contribution >= 4 is 22.5 Å². The summed E-state index contributed by atoms with van der Waals surface area (Å²) in [6, 6.07) is 8.03. The maximum atomic E-state index is 12.5. The summed E-state index contributed by atoms with van der Waals surface area (Å²) in [5.74, 6) is 0.0772. The number of para-hydroxylation sites is 1. The van der Waals surface area contributed by atoms with Crippen molar-refractivity contribution in [2.75, 3.05) is 25.0 Å². The van der Waals surface area contributed by atoms with Gasteiger partial charge in [-0.25, -0.2) is 0 Å². The molecule has 1 amide bonds. The van der Waals surface area contributed by atoms with Crippen LogP contribution in [0.2, 0.25) is 0 Å². The molecule has 0 bridgehead atoms. The lowest BCUT2D eigenvalue weighted by Crippen LogP contribution is -2.37. The number of fused-ring (bicyclic) bond motifs is 1. The van der Waals surface area contributed by atoms with Gasteiger partial charge in [0.1, 0.15) is 0 Å². The van der Waals surface area contributed by atoms with Gasteiger partial charge in [-0.3, -0.25) is 14.7 Å². The van der Waals surface area contributed by atoms with Gasteiger partial charge in [-0.05, 0) is 50.9 Å². The molecule has 4 heteroatoms. The molecule has 1 saturated heterocycles. The number of nitrogens with zero attached hydrogens (tertiary/aromatic N) is 2. The van der Waals surface area contributed by atoms with E-state index in [0.29, 0.717) is 6.54 Å². The lowest BCUT2D eigenvalue weighted by molar-refractivity contribution is -0.117. The fourth-order valence-electron chi connectivity index (χ4n) is 3.36. The number of rotatable bonds is 4. The third-order valence-corrected chi connectivity index (χ3v) is 4.65. The number of amides is 1. The molecule has 0 radical (unpaired) electrons. The summed E-state index contributed by atoms with van der Waals surface area (Å²) in [4.78, 5) is 19.5. The van der Waals surface area contributed by atoms with Gasteiger partial charge in [0, 0.05) is 11.1 Å². The van der Waals surface area contributed by atoms with E-state index in [0.717, 1.165) is 47.4 Å². The predicted octanol–water partition coefficient (Wildman–Crippen LogP) is 3.53. The van der Waals surface area contributed by atoms with Gasteiger partial charge in [-0.1, -0.05) is 31.5 Å². The number of aromatic nitrogens is 1. The molecular formula is C19H25N3O. The van der Waals surface area contributed by atoms with Crippen LogP contribution >= 0.6 is 0 Å². The highest BCUT2D eigenvalue weighted by Crippen LogP contribution is 2.28. The number of aryl methyl sites for hydroxylation is 1. The van der Waals surface area contributed by atoms with E-state index in [9.17, 15) is 4.79 Å². The van der Waals surface area contributed by atoms with Crippen LogP contribution in [0, 0.1) is 6.92 Å². The third kappa shape index (κ3) is 3.53. The quantitative estimate of drug-likeness (QED) is 0.939. The Kier molecular flexibility index (Phi) is 4.91. The number of benzene rings is 1. The number of hydrogen-bond acceptors (Lipinski definition) is 3. The van der Waals surface area contributed by atoms with Gasteiger partial charge in [-0.2, -0.15) is 0 Å². The average molecular weight is 311 g/mol. The van der Waals surface area contributed by atoms with Crippen LogP contribution in [-0.4, -0.2) is 35.4 Å². The van der Waals surface area contributed by atoms with Gasteiger partial charge >= 0.3 is 0 Å². The summed E-state index contributed by atoms with van der Waals surface area (Å²) >= 11 is 0. The second-order valence-corrected chi connectivity index (χ2v) is 6.31. The van der Waals surface area contributed by atoms with E-state index in [1.165, 1.54) is 19.3 Å². The molecule has 0 aliphatic carbocycles. The number of hydrogen-bond donors (Lipinski definition) is 1. The second kappa shape index (κ2) is 7.09. The molecule has 1 aliphatic heterocycles. The average Bonchev–Trinajstić information content (AvgIpc) is 2.58. The van der Waals surface area contributed by atoms with Crippen molar-refractivity contribution in [3.8, 4) is 0 Å². The van der Waals surface area contributed by atoms with Crippen molar-refractivity contribution in [1.29, 1.82) is 0 Å². The van der Waals surface area contributed by atoms with Gasteiger partial charge in [0.2, 0.25) is 5.91 Å². The van der Waals surface area contributed by atoms with Crippen molar-refractivity contribution in [2.45, 2.75) is 39.5 Å². The smallest absolute Gasteiger partial charge is 0.238 e. The summed E-state index contributed by atoms with van der Waals surface area (Å²) in [5.41, 5.74) is 4.01. The van der Waals surface area contributed by atoms with Gasteiger partial charge < -0.3 is 5.32 Å². The van der Waals surface area contributed by atoms with E-state index in [-0.39, 0.29) is 5.91 Å². The first-order valence-corrected chi connectivity index (χ1v) is 8.59. The summed E-state index contributed by atoms with van der Waals surface area (Å²) in [6.45, 7) is 6.70. The molecule has 2 heterocycles. The van der Waals surface area contributed by atoms with E-state index in [2.05, 4.69) is 24.1 Å². The number of carbonyl (C=O) groups is 1. The van der Waals surface area contributed by atoms with Gasteiger partial charge in [-0.15, -0.1) is 0 Å². The summed E-state index contributed by atoms with van der Waals surface area (Å²) in [7, 11) is 0. The number of piperidine rings is 1. The molecule has 1 aliphatic rings. The molecule has 1 fully saturated rings. The minimum Gasteiger partial charge on any atom is -0.324 e. The van der Waals surface area contributed by atoms with Crippen LogP contribution in [0.5, 0.6) is 0 Å². The first-order chi connectivity index (χ1) is 11.2. The highest BCUT2D eigenvalue weighted by Gasteiger charge is 2.17. The fraction of sp³-hybridized carbons (Fsp3) is 0.474. The monoisotopic (exact) mass is 311 g/mol. The Hall–Kier alpha value is -1.94. The van der Waals surface area contributed by atoms with Crippen LogP contribution in [0.1, 0.15) is 37.4 Å². The number of anilines is 1. The lowest BCUT2D eigenvalue weighted by atomic mass is 10.1. The molecule has 23 heavy (non-hydrogen) atoms. The van der Waals surface area contributed by atoms with E-state index < -0.39 is 0 Å². The summed E-state index contributed by atoms with van der Waals surface area (Å²) in [5, 5.41) is 4.18. The molecule has 0 unspecified atom stereocenters. The zero-order valence-electron chi connectivity index (χ0n) is 14.1. The zero-order valence-corrected chi connectivity index (χ0v) is 14.1. The normalized spacial score (nSPS) is 15.7. The molecule has 0 atom stereocenters. The fourth-order valence-corrected chi connectivity index (χ4v) is 3.36. The third-order valence-electron chi connectivity index (χ3n) is 4.65. The Balaban J connectivity index is 1.86. The lowest BCUT2D eigenvalue weighted by Gasteiger charge is -2.26. The molecule has 2 aromatic rings. The van der Waals surface area contributed by atoms with Crippen LogP contribution in [-0.2, 0) is 11.2 Å². The maximum Gasteiger partial charge on any atom is 0.238 e. The number of nitrogens with one attached hydrogen (secondary N) is 1. The van der Waals surface area contributed by atoms with E-state index in [1.54, 1.807) is 0 Å². The molecule has 0 saturated carbocycles. The largest absolute Gasteiger partial charge is 0.324 e. The van der Waals surface area contributed by atoms with Gasteiger partial charge in [0.05, 0.1) is 17.7 Å². The minimum absolute atomic E-state index is 0.0772. The van der Waals surface area contributed by atoms with Crippen LogP contribution in [0.25, 0.3) is 10.9 Å². The number of carbonyl (C=O) groups excluding carboxylic acids is 1. The van der Waals surface area contributed by atoms with E-state index in [4.69, 9.17) is 4.98 Å². The van der Waals surface area contributed by atoms with Gasteiger partial charge in [0.25, 0.3) is 0 Å². The highest BCUT2D eigenvalue weighted by molar-refractivity contribution is 6.03. The number of likely N-dealkylation sites (tertiary alicyclic amines) is 1. The predicted molar refractivity (Wildman–Crippen MR) is 94.8 cm³/mol. The van der Waals surface area contributed by atoms with Crippen LogP contribution in [0.3, 0.4) is 0 Å². The number of pyridine rings is 1. The van der Waals surface area contributed by atoms with Crippen molar-refractivity contribution in [2.24, 2.45) is 0 Å². The standard InChI is InChI=1S/C19H25N3O/c1-3-16-14(2)19(15-9-5-6-10-17(15)20-16)21-18(23)13-22-11-7-4-8-12-22/h5-6,9-10H,3-4,7-8,11-13H2,1-2H3,(H,20,21,23). The molecule has 3 rings (SSSR count). The zero-order chi connectivity index (χ0) is 16.2. The van der Waals surface area contributed by atoms with Crippen LogP contribution < -0.4 is 5.32 Å². The highest BCUT2D eigenvalue weighted by atomic mass is 16.2. The van der Waals surface area contributed by atoms with Crippen molar-refractivity contribution in [1.82, 2.24) is 9.88 Å². The first kappa shape index (κ1) is 15.9. The van der Waals surface area contributed by atoms with E-state index >= 15 is 0 Å². The topological polar surface area (TPSA) is 45.2 Å². The van der Waals surface area contributed by atoms with Crippen molar-refractivity contribution in [3.05, 3.63) is 35.5 Å². The Morgan fingerprint density at radius 3 is 2.70 bits per heavy atom. The first-order valence-electron chi connectivity index (χ1n) is 8.59. The minimum atomic E-state index is 0.0772. The Morgan fingerprint density at radius 2 is 1.96 bits per heavy atom. The van der Waals surface area contributed by atoms with Crippen LogP contribution in [0.4, 0.5) is 5.69 Å².